The fraction of sp³-hybridized carbons (Fsp3) is 0.800. The normalized spacial score (nSPS) is 11.4. The number of allylic oxidation sites excluding steroid dienone is 2. The molecule has 0 saturated carbocycles. The molecule has 0 aliphatic carbocycles. The van der Waals surface area contributed by atoms with E-state index in [9.17, 15) is 9.59 Å². The first kappa shape index (κ1) is 22.7. The van der Waals surface area contributed by atoms with E-state index in [-0.39, 0.29) is 0 Å². The van der Waals surface area contributed by atoms with E-state index in [2.05, 4.69) is 19.1 Å². The molecule has 140 valence electrons. The van der Waals surface area contributed by atoms with Crippen LogP contribution in [0.3, 0.4) is 0 Å². The Morgan fingerprint density at radius 3 is 1.58 bits per heavy atom. The van der Waals surface area contributed by atoms with Gasteiger partial charge in [0.1, 0.15) is 5.92 Å². The second kappa shape index (κ2) is 16.5. The van der Waals surface area contributed by atoms with Gasteiger partial charge in [0.25, 0.3) is 0 Å². The lowest BCUT2D eigenvalue weighted by Crippen LogP contribution is -2.34. The standard InChI is InChI=1S/C20H38N2O2/c1-2-3-4-5-6-7-8-9-10-11-12-13-14-15-16-17-18(19(21)23)20(22)24/h9-10,18H,2-8,11-17H2,1H3,(H2,21,23)(H2,22,24)/b10-9-. The minimum absolute atomic E-state index is 0.489. The van der Waals surface area contributed by atoms with Gasteiger partial charge in [0.05, 0.1) is 0 Å². The van der Waals surface area contributed by atoms with Gasteiger partial charge in [0, 0.05) is 0 Å². The summed E-state index contributed by atoms with van der Waals surface area (Å²) in [6, 6.07) is 0. The Morgan fingerprint density at radius 2 is 1.12 bits per heavy atom. The van der Waals surface area contributed by atoms with Gasteiger partial charge in [-0.2, -0.15) is 0 Å². The molecule has 0 saturated heterocycles. The van der Waals surface area contributed by atoms with E-state index in [0.29, 0.717) is 6.42 Å². The molecule has 0 aromatic rings. The van der Waals surface area contributed by atoms with Crippen LogP contribution in [0.4, 0.5) is 0 Å². The maximum atomic E-state index is 11.0. The summed E-state index contributed by atoms with van der Waals surface area (Å²) < 4.78 is 0. The van der Waals surface area contributed by atoms with Gasteiger partial charge < -0.3 is 11.5 Å². The summed E-state index contributed by atoms with van der Waals surface area (Å²) in [5, 5.41) is 0. The lowest BCUT2D eigenvalue weighted by Gasteiger charge is -2.08. The van der Waals surface area contributed by atoms with Crippen LogP contribution in [0.2, 0.25) is 0 Å². The summed E-state index contributed by atoms with van der Waals surface area (Å²) in [6.07, 6.45) is 21.0. The number of primary amides is 2. The van der Waals surface area contributed by atoms with E-state index in [1.807, 2.05) is 0 Å². The van der Waals surface area contributed by atoms with Gasteiger partial charge in [-0.3, -0.25) is 9.59 Å². The highest BCUT2D eigenvalue weighted by atomic mass is 16.2. The van der Waals surface area contributed by atoms with E-state index < -0.39 is 17.7 Å². The van der Waals surface area contributed by atoms with Crippen molar-refractivity contribution in [3.05, 3.63) is 12.2 Å². The molecular weight excluding hydrogens is 300 g/mol. The van der Waals surface area contributed by atoms with Crippen LogP contribution in [-0.2, 0) is 9.59 Å². The zero-order valence-electron chi connectivity index (χ0n) is 15.6. The molecule has 4 nitrogen and oxygen atoms in total. The zero-order chi connectivity index (χ0) is 18.0. The molecule has 0 bridgehead atoms. The van der Waals surface area contributed by atoms with Crippen LogP contribution in [0.5, 0.6) is 0 Å². The fourth-order valence-corrected chi connectivity index (χ4v) is 2.84. The molecule has 0 aliphatic heterocycles. The Morgan fingerprint density at radius 1 is 0.708 bits per heavy atom. The number of rotatable bonds is 17. The van der Waals surface area contributed by atoms with E-state index in [1.54, 1.807) is 0 Å². The molecule has 0 aliphatic rings. The van der Waals surface area contributed by atoms with Gasteiger partial charge in [-0.1, -0.05) is 76.9 Å². The van der Waals surface area contributed by atoms with Gasteiger partial charge in [-0.15, -0.1) is 0 Å². The predicted molar refractivity (Wildman–Crippen MR) is 101 cm³/mol. The van der Waals surface area contributed by atoms with Crippen LogP contribution >= 0.6 is 0 Å². The van der Waals surface area contributed by atoms with Crippen LogP contribution in [-0.4, -0.2) is 11.8 Å². The van der Waals surface area contributed by atoms with Crippen molar-refractivity contribution in [2.45, 2.75) is 96.8 Å². The smallest absolute Gasteiger partial charge is 0.229 e. The summed E-state index contributed by atoms with van der Waals surface area (Å²) in [7, 11) is 0. The summed E-state index contributed by atoms with van der Waals surface area (Å²) >= 11 is 0. The maximum absolute atomic E-state index is 11.0. The molecule has 4 heteroatoms. The molecule has 24 heavy (non-hydrogen) atoms. The first-order valence-corrected chi connectivity index (χ1v) is 9.83. The Bertz CT molecular complexity index is 340. The van der Waals surface area contributed by atoms with Crippen LogP contribution in [0.1, 0.15) is 96.8 Å². The summed E-state index contributed by atoms with van der Waals surface area (Å²) in [4.78, 5) is 22.1. The molecule has 0 unspecified atom stereocenters. The molecule has 0 atom stereocenters. The van der Waals surface area contributed by atoms with Crippen molar-refractivity contribution in [3.8, 4) is 0 Å². The second-order valence-corrected chi connectivity index (χ2v) is 6.73. The van der Waals surface area contributed by atoms with Gasteiger partial charge in [-0.25, -0.2) is 0 Å². The topological polar surface area (TPSA) is 86.2 Å². The largest absolute Gasteiger partial charge is 0.369 e. The minimum Gasteiger partial charge on any atom is -0.369 e. The SMILES string of the molecule is CCCCCCCC/C=C\CCCCCCCC(C(N)=O)C(N)=O. The van der Waals surface area contributed by atoms with Crippen molar-refractivity contribution in [1.29, 1.82) is 0 Å². The maximum Gasteiger partial charge on any atom is 0.229 e. The summed E-state index contributed by atoms with van der Waals surface area (Å²) in [5.41, 5.74) is 10.3. The van der Waals surface area contributed by atoms with E-state index >= 15 is 0 Å². The quantitative estimate of drug-likeness (QED) is 0.230. The second-order valence-electron chi connectivity index (χ2n) is 6.73. The molecule has 0 fully saturated rings. The lowest BCUT2D eigenvalue weighted by molar-refractivity contribution is -0.131. The van der Waals surface area contributed by atoms with E-state index in [0.717, 1.165) is 25.7 Å². The highest BCUT2D eigenvalue weighted by molar-refractivity contribution is 5.98. The lowest BCUT2D eigenvalue weighted by atomic mass is 9.99. The molecule has 0 spiro atoms. The van der Waals surface area contributed by atoms with Crippen LogP contribution in [0, 0.1) is 5.92 Å². The molecule has 0 radical (unpaired) electrons. The number of amides is 2. The van der Waals surface area contributed by atoms with Crippen molar-refractivity contribution < 1.29 is 9.59 Å². The number of carbonyl (C=O) groups excluding carboxylic acids is 2. The summed E-state index contributed by atoms with van der Waals surface area (Å²) in [6.45, 7) is 2.25. The average molecular weight is 339 g/mol. The minimum atomic E-state index is -0.796. The van der Waals surface area contributed by atoms with Crippen LogP contribution in [0.15, 0.2) is 12.2 Å². The average Bonchev–Trinajstić information content (AvgIpc) is 2.53. The third kappa shape index (κ3) is 14.3. The number of nitrogens with two attached hydrogens (primary N) is 2. The van der Waals surface area contributed by atoms with E-state index in [4.69, 9.17) is 11.5 Å². The monoisotopic (exact) mass is 338 g/mol. The molecule has 0 rings (SSSR count). The highest BCUT2D eigenvalue weighted by Crippen LogP contribution is 2.13. The molecular formula is C20H38N2O2. The Kier molecular flexibility index (Phi) is 15.6. The van der Waals surface area contributed by atoms with Gasteiger partial charge >= 0.3 is 0 Å². The van der Waals surface area contributed by atoms with Crippen LogP contribution < -0.4 is 11.5 Å². The van der Waals surface area contributed by atoms with Gasteiger partial charge in [0.15, 0.2) is 0 Å². The number of hydrogen-bond acceptors (Lipinski definition) is 2. The Labute approximate surface area is 148 Å². The summed E-state index contributed by atoms with van der Waals surface area (Å²) in [5.74, 6) is -1.99. The van der Waals surface area contributed by atoms with E-state index in [1.165, 1.54) is 57.8 Å². The fourth-order valence-electron chi connectivity index (χ4n) is 2.84. The van der Waals surface area contributed by atoms with Gasteiger partial charge in [-0.05, 0) is 32.1 Å². The zero-order valence-corrected chi connectivity index (χ0v) is 15.6. The highest BCUT2D eigenvalue weighted by Gasteiger charge is 2.20. The molecule has 0 aromatic carbocycles. The predicted octanol–water partition coefficient (Wildman–Crippen LogP) is 4.61. The van der Waals surface area contributed by atoms with Crippen molar-refractivity contribution in [3.63, 3.8) is 0 Å². The molecule has 0 heterocycles. The van der Waals surface area contributed by atoms with Crippen molar-refractivity contribution in [2.75, 3.05) is 0 Å². The molecule has 0 aromatic heterocycles. The third-order valence-electron chi connectivity index (χ3n) is 4.44. The van der Waals surface area contributed by atoms with Crippen molar-refractivity contribution in [1.82, 2.24) is 0 Å². The third-order valence-corrected chi connectivity index (χ3v) is 4.44. The molecule has 2 amide bonds. The number of carbonyl (C=O) groups is 2. The number of unbranched alkanes of at least 4 members (excludes halogenated alkanes) is 11. The van der Waals surface area contributed by atoms with Crippen LogP contribution in [0.25, 0.3) is 0 Å². The molecule has 4 N–H and O–H groups in total. The van der Waals surface area contributed by atoms with Gasteiger partial charge in [0.2, 0.25) is 11.8 Å². The first-order valence-electron chi connectivity index (χ1n) is 9.83. The Hall–Kier alpha value is -1.32. The first-order chi connectivity index (χ1) is 11.6. The Balaban J connectivity index is 3.34. The van der Waals surface area contributed by atoms with Crippen molar-refractivity contribution in [2.24, 2.45) is 17.4 Å². The number of hydrogen-bond donors (Lipinski definition) is 2. The van der Waals surface area contributed by atoms with Crippen molar-refractivity contribution >= 4 is 11.8 Å².